The predicted molar refractivity (Wildman–Crippen MR) is 36.2 cm³/mol. The van der Waals surface area contributed by atoms with Gasteiger partial charge in [0.1, 0.15) is 0 Å². The van der Waals surface area contributed by atoms with Gasteiger partial charge < -0.3 is 19.6 Å². The van der Waals surface area contributed by atoms with Crippen molar-refractivity contribution in [3.05, 3.63) is 6.92 Å². The molecule has 0 rings (SSSR count). The Morgan fingerprint density at radius 1 is 1.09 bits per heavy atom. The van der Waals surface area contributed by atoms with Gasteiger partial charge in [-0.15, -0.1) is 4.44 Å². The maximum absolute atomic E-state index is 10.3. The van der Waals surface area contributed by atoms with E-state index in [4.69, 9.17) is 19.6 Å². The molecule has 1 radical (unpaired) electrons. The average Bonchev–Trinajstić information content (AvgIpc) is 1.56. The van der Waals surface area contributed by atoms with Crippen LogP contribution in [-0.2, 0) is 9.13 Å². The summed E-state index contributed by atoms with van der Waals surface area (Å²) in [5.41, 5.74) is 0. The largest absolute Gasteiger partial charge is 0.412 e. The molecule has 0 saturated heterocycles. The van der Waals surface area contributed by atoms with Crippen LogP contribution in [0.4, 0.5) is 0 Å². The lowest BCUT2D eigenvalue weighted by molar-refractivity contribution is 0.276. The zero-order valence-electron chi connectivity index (χ0n) is 5.36. The molecule has 0 atom stereocenters. The maximum atomic E-state index is 10.3. The monoisotopic (exact) mass is 204 g/mol. The van der Waals surface area contributed by atoms with Gasteiger partial charge in [0.05, 0.1) is 0 Å². The van der Waals surface area contributed by atoms with Crippen molar-refractivity contribution >= 4 is 15.5 Å². The van der Waals surface area contributed by atoms with Crippen molar-refractivity contribution in [1.29, 1.82) is 0 Å². The molecule has 0 amide bonds. The molecule has 0 aromatic carbocycles. The Balaban J connectivity index is 4.72. The van der Waals surface area contributed by atoms with Crippen molar-refractivity contribution in [2.75, 3.05) is 6.54 Å². The molecule has 0 spiro atoms. The van der Waals surface area contributed by atoms with Gasteiger partial charge in [0.2, 0.25) is 0 Å². The van der Waals surface area contributed by atoms with Crippen molar-refractivity contribution in [2.45, 2.75) is 0 Å². The molecule has 4 N–H and O–H groups in total. The second-order valence-electron chi connectivity index (χ2n) is 1.62. The fourth-order valence-corrected chi connectivity index (χ4v) is 2.15. The third kappa shape index (κ3) is 3.44. The quantitative estimate of drug-likeness (QED) is 0.449. The highest BCUT2D eigenvalue weighted by atomic mass is 31.3. The van der Waals surface area contributed by atoms with Crippen LogP contribution < -0.4 is 0 Å². The summed E-state index contributed by atoms with van der Waals surface area (Å²) in [6, 6.07) is 0. The number of nitrogens with zero attached hydrogens (tertiary/aromatic N) is 1. The molecule has 0 saturated carbocycles. The molecular formula is C2H8NO6P2. The van der Waals surface area contributed by atoms with Crippen LogP contribution >= 0.6 is 15.5 Å². The molecule has 0 aliphatic rings. The number of rotatable bonds is 3. The van der Waals surface area contributed by atoms with Crippen LogP contribution in [0.2, 0.25) is 0 Å². The summed E-state index contributed by atoms with van der Waals surface area (Å²) in [7, 11) is -9.78. The van der Waals surface area contributed by atoms with E-state index in [0.29, 0.717) is 0 Å². The van der Waals surface area contributed by atoms with Crippen LogP contribution in [-0.4, -0.2) is 30.6 Å². The molecular weight excluding hydrogens is 196 g/mol. The van der Waals surface area contributed by atoms with Crippen molar-refractivity contribution in [3.63, 3.8) is 0 Å². The van der Waals surface area contributed by atoms with E-state index >= 15 is 0 Å². The Hall–Kier alpha value is 0.260. The van der Waals surface area contributed by atoms with E-state index < -0.39 is 22.0 Å². The maximum Gasteiger partial charge on any atom is 0.412 e. The van der Waals surface area contributed by atoms with Gasteiger partial charge in [-0.3, -0.25) is 0 Å². The van der Waals surface area contributed by atoms with E-state index in [1.807, 2.05) is 0 Å². The standard InChI is InChI=1S/C2H8NO6P2/c1-2-3(10(4,5)6)11(7,8)9/h1-2H2,(H2,4,5,6)(H2,7,8,9). The Labute approximate surface area is 63.1 Å². The molecule has 0 bridgehead atoms. The minimum Gasteiger partial charge on any atom is -0.312 e. The van der Waals surface area contributed by atoms with E-state index in [1.165, 1.54) is 0 Å². The molecule has 11 heavy (non-hydrogen) atoms. The SMILES string of the molecule is [CH2]CN(P(=O)(O)O)P(=O)(O)O. The first-order valence-corrected chi connectivity index (χ1v) is 5.51. The molecule has 67 valence electrons. The van der Waals surface area contributed by atoms with Gasteiger partial charge in [0.25, 0.3) is 0 Å². The first kappa shape index (κ1) is 11.3. The van der Waals surface area contributed by atoms with Crippen molar-refractivity contribution in [3.8, 4) is 0 Å². The molecule has 0 heterocycles. The fourth-order valence-electron chi connectivity index (χ4n) is 0.412. The molecule has 7 nitrogen and oxygen atoms in total. The van der Waals surface area contributed by atoms with Gasteiger partial charge in [0.15, 0.2) is 0 Å². The first-order chi connectivity index (χ1) is 4.69. The molecule has 0 aromatic rings. The van der Waals surface area contributed by atoms with Crippen LogP contribution in [0.15, 0.2) is 0 Å². The Morgan fingerprint density at radius 3 is 1.36 bits per heavy atom. The Kier molecular flexibility index (Phi) is 3.41. The summed E-state index contributed by atoms with van der Waals surface area (Å²) in [4.78, 5) is 33.3. The predicted octanol–water partition coefficient (Wildman–Crippen LogP) is -0.692. The van der Waals surface area contributed by atoms with Crippen molar-refractivity contribution < 1.29 is 28.7 Å². The topological polar surface area (TPSA) is 118 Å². The van der Waals surface area contributed by atoms with Crippen LogP contribution in [0.5, 0.6) is 0 Å². The van der Waals surface area contributed by atoms with Crippen molar-refractivity contribution in [2.24, 2.45) is 0 Å². The normalized spacial score (nSPS) is 14.0. The number of hydrogen-bond acceptors (Lipinski definition) is 2. The van der Waals surface area contributed by atoms with Crippen LogP contribution in [0.25, 0.3) is 0 Å². The summed E-state index contributed by atoms with van der Waals surface area (Å²) >= 11 is 0. The van der Waals surface area contributed by atoms with Gasteiger partial charge in [-0.1, -0.05) is 0 Å². The first-order valence-electron chi connectivity index (χ1n) is 2.38. The zero-order chi connectivity index (χ0) is 9.28. The molecule has 0 unspecified atom stereocenters. The van der Waals surface area contributed by atoms with Gasteiger partial charge >= 0.3 is 15.5 Å². The van der Waals surface area contributed by atoms with Gasteiger partial charge in [-0.05, 0) is 6.92 Å². The van der Waals surface area contributed by atoms with E-state index in [9.17, 15) is 9.13 Å². The fraction of sp³-hybridized carbons (Fsp3) is 0.500. The van der Waals surface area contributed by atoms with E-state index in [1.54, 1.807) is 0 Å². The van der Waals surface area contributed by atoms with Crippen LogP contribution in [0.3, 0.4) is 0 Å². The van der Waals surface area contributed by atoms with Gasteiger partial charge in [-0.2, -0.15) is 0 Å². The van der Waals surface area contributed by atoms with Gasteiger partial charge in [0, 0.05) is 6.54 Å². The summed E-state index contributed by atoms with van der Waals surface area (Å²) < 4.78 is 20.3. The zero-order valence-corrected chi connectivity index (χ0v) is 7.15. The summed E-state index contributed by atoms with van der Waals surface area (Å²) in [6.07, 6.45) is 0. The highest BCUT2D eigenvalue weighted by Gasteiger charge is 2.37. The Morgan fingerprint density at radius 2 is 1.36 bits per heavy atom. The lowest BCUT2D eigenvalue weighted by Gasteiger charge is -2.20. The van der Waals surface area contributed by atoms with Gasteiger partial charge in [-0.25, -0.2) is 9.13 Å². The Bertz CT molecular complexity index is 193. The minimum atomic E-state index is -4.89. The molecule has 0 aromatic heterocycles. The molecule has 9 heteroatoms. The summed E-state index contributed by atoms with van der Waals surface area (Å²) in [5, 5.41) is 0. The third-order valence-corrected chi connectivity index (χ3v) is 3.80. The summed E-state index contributed by atoms with van der Waals surface area (Å²) in [6.45, 7) is 2.30. The highest BCUT2D eigenvalue weighted by molar-refractivity contribution is 7.65. The number of hydrogen-bond donors (Lipinski definition) is 4. The van der Waals surface area contributed by atoms with E-state index in [2.05, 4.69) is 6.92 Å². The highest BCUT2D eigenvalue weighted by Crippen LogP contribution is 2.57. The molecule has 0 fully saturated rings. The smallest absolute Gasteiger partial charge is 0.312 e. The molecule has 0 aliphatic carbocycles. The second kappa shape index (κ2) is 3.33. The average molecular weight is 204 g/mol. The van der Waals surface area contributed by atoms with Crippen molar-refractivity contribution in [1.82, 2.24) is 4.44 Å². The van der Waals surface area contributed by atoms with E-state index in [-0.39, 0.29) is 4.44 Å². The second-order valence-corrected chi connectivity index (χ2v) is 4.96. The van der Waals surface area contributed by atoms with E-state index in [0.717, 1.165) is 0 Å². The lowest BCUT2D eigenvalue weighted by atomic mass is 10.8. The minimum absolute atomic E-state index is 0.278. The third-order valence-electron chi connectivity index (χ3n) is 0.801. The lowest BCUT2D eigenvalue weighted by Crippen LogP contribution is -2.16. The van der Waals surface area contributed by atoms with Crippen LogP contribution in [0, 0.1) is 6.92 Å². The van der Waals surface area contributed by atoms with Crippen LogP contribution in [0.1, 0.15) is 0 Å². The molecule has 0 aliphatic heterocycles. The summed E-state index contributed by atoms with van der Waals surface area (Å²) in [5.74, 6) is 0.